The maximum Gasteiger partial charge on any atom is 0.301 e. The van der Waals surface area contributed by atoms with Gasteiger partial charge in [0.05, 0.1) is 21.6 Å². The lowest BCUT2D eigenvalue weighted by molar-refractivity contribution is -0.393. The van der Waals surface area contributed by atoms with Crippen molar-refractivity contribution in [1.82, 2.24) is 0 Å². The summed E-state index contributed by atoms with van der Waals surface area (Å²) in [7, 11) is 0. The summed E-state index contributed by atoms with van der Waals surface area (Å²) >= 11 is 0. The summed E-state index contributed by atoms with van der Waals surface area (Å²) in [5.41, 5.74) is 3.77. The third-order valence-corrected chi connectivity index (χ3v) is 3.21. The number of hydrazone groups is 1. The van der Waals surface area contributed by atoms with Crippen LogP contribution in [0.5, 0.6) is 0 Å². The number of hydrogen-bond donors (Lipinski definition) is 1. The van der Waals surface area contributed by atoms with Crippen molar-refractivity contribution in [3.63, 3.8) is 0 Å². The minimum Gasteiger partial charge on any atom is -0.271 e. The van der Waals surface area contributed by atoms with E-state index in [1.54, 1.807) is 6.92 Å². The summed E-state index contributed by atoms with van der Waals surface area (Å²) in [6.45, 7) is 1.80. The van der Waals surface area contributed by atoms with Gasteiger partial charge in [0.25, 0.3) is 5.69 Å². The van der Waals surface area contributed by atoms with Gasteiger partial charge in [-0.3, -0.25) is 25.7 Å². The summed E-state index contributed by atoms with van der Waals surface area (Å²) in [4.78, 5) is 20.3. The topological polar surface area (TPSA) is 111 Å². The molecule has 1 aromatic carbocycles. The quantitative estimate of drug-likeness (QED) is 0.507. The molecule has 2 rings (SSSR count). The van der Waals surface area contributed by atoms with Crippen LogP contribution in [0.25, 0.3) is 0 Å². The van der Waals surface area contributed by atoms with Gasteiger partial charge in [0.1, 0.15) is 5.69 Å². The first-order valence-electron chi connectivity index (χ1n) is 6.58. The second-order valence-electron chi connectivity index (χ2n) is 4.68. The Labute approximate surface area is 126 Å². The molecule has 114 valence electrons. The van der Waals surface area contributed by atoms with Gasteiger partial charge in [0, 0.05) is 6.07 Å². The van der Waals surface area contributed by atoms with Crippen LogP contribution >= 0.6 is 0 Å². The molecule has 8 nitrogen and oxygen atoms in total. The summed E-state index contributed by atoms with van der Waals surface area (Å²) in [5, 5.41) is 25.8. The van der Waals surface area contributed by atoms with Crippen molar-refractivity contribution in [2.75, 3.05) is 5.43 Å². The van der Waals surface area contributed by atoms with Crippen molar-refractivity contribution in [3.05, 3.63) is 62.2 Å². The first-order valence-corrected chi connectivity index (χ1v) is 6.58. The molecule has 0 fully saturated rings. The second kappa shape index (κ2) is 6.61. The Hall–Kier alpha value is -3.03. The Bertz CT molecular complexity index is 707. The number of nitrogens with zero attached hydrogens (tertiary/aromatic N) is 3. The highest BCUT2D eigenvalue weighted by Gasteiger charge is 2.19. The number of non-ortho nitro benzene ring substituents is 1. The summed E-state index contributed by atoms with van der Waals surface area (Å²) in [5.74, 6) is 0. The van der Waals surface area contributed by atoms with Crippen LogP contribution in [0.15, 0.2) is 47.1 Å². The number of allylic oxidation sites excluding steroid dienone is 4. The fourth-order valence-corrected chi connectivity index (χ4v) is 2.00. The molecule has 0 bridgehead atoms. The van der Waals surface area contributed by atoms with Crippen molar-refractivity contribution in [2.45, 2.75) is 19.8 Å². The molecule has 0 aliphatic heterocycles. The Morgan fingerprint density at radius 3 is 2.64 bits per heavy atom. The Kier molecular flexibility index (Phi) is 4.62. The second-order valence-corrected chi connectivity index (χ2v) is 4.68. The number of rotatable bonds is 5. The SMILES string of the molecule is C/C(=N\Nc1ccc([N+](=O)[O-])cc1[N+](=O)[O-])C1=CC=CCC1. The lowest BCUT2D eigenvalue weighted by atomic mass is 10.0. The minimum atomic E-state index is -0.678. The van der Waals surface area contributed by atoms with Crippen molar-refractivity contribution in [1.29, 1.82) is 0 Å². The molecule has 1 aromatic rings. The molecule has 0 radical (unpaired) electrons. The first kappa shape index (κ1) is 15.4. The van der Waals surface area contributed by atoms with Crippen LogP contribution in [-0.2, 0) is 0 Å². The zero-order chi connectivity index (χ0) is 16.1. The van der Waals surface area contributed by atoms with E-state index in [1.165, 1.54) is 12.1 Å². The average molecular weight is 302 g/mol. The normalized spacial score (nSPS) is 14.4. The molecular formula is C14H14N4O4. The smallest absolute Gasteiger partial charge is 0.271 e. The third kappa shape index (κ3) is 3.54. The van der Waals surface area contributed by atoms with Gasteiger partial charge in [-0.25, -0.2) is 0 Å². The lowest BCUT2D eigenvalue weighted by Gasteiger charge is -2.09. The molecule has 0 heterocycles. The van der Waals surface area contributed by atoms with E-state index in [4.69, 9.17) is 0 Å². The molecular weight excluding hydrogens is 288 g/mol. The summed E-state index contributed by atoms with van der Waals surface area (Å²) < 4.78 is 0. The van der Waals surface area contributed by atoms with Crippen molar-refractivity contribution >= 4 is 22.8 Å². The van der Waals surface area contributed by atoms with E-state index in [-0.39, 0.29) is 17.1 Å². The van der Waals surface area contributed by atoms with Crippen LogP contribution in [0.2, 0.25) is 0 Å². The summed E-state index contributed by atoms with van der Waals surface area (Å²) in [6, 6.07) is 3.39. The first-order chi connectivity index (χ1) is 10.5. The van der Waals surface area contributed by atoms with Crippen LogP contribution in [0.1, 0.15) is 19.8 Å². The van der Waals surface area contributed by atoms with Gasteiger partial charge in [0.15, 0.2) is 0 Å². The predicted molar refractivity (Wildman–Crippen MR) is 82.9 cm³/mol. The van der Waals surface area contributed by atoms with Gasteiger partial charge in [0.2, 0.25) is 0 Å². The van der Waals surface area contributed by atoms with E-state index in [1.807, 2.05) is 18.2 Å². The van der Waals surface area contributed by atoms with E-state index in [0.717, 1.165) is 30.2 Å². The fraction of sp³-hybridized carbons (Fsp3) is 0.214. The zero-order valence-electron chi connectivity index (χ0n) is 11.9. The van der Waals surface area contributed by atoms with E-state index >= 15 is 0 Å². The molecule has 1 N–H and O–H groups in total. The van der Waals surface area contributed by atoms with Gasteiger partial charge >= 0.3 is 5.69 Å². The standard InChI is InChI=1S/C14H14N4O4/c1-10(11-5-3-2-4-6-11)15-16-13-8-7-12(17(19)20)9-14(13)18(21)22/h2-3,5,7-9,16H,4,6H2,1H3/b15-10+. The molecule has 1 aliphatic carbocycles. The predicted octanol–water partition coefficient (Wildman–Crippen LogP) is 3.57. The minimum absolute atomic E-state index is 0.113. The van der Waals surface area contributed by atoms with Gasteiger partial charge in [-0.15, -0.1) is 0 Å². The molecule has 0 saturated carbocycles. The van der Waals surface area contributed by atoms with Gasteiger partial charge in [-0.2, -0.15) is 5.10 Å². The number of hydrogen-bond acceptors (Lipinski definition) is 6. The number of benzene rings is 1. The van der Waals surface area contributed by atoms with Gasteiger partial charge < -0.3 is 0 Å². The number of nitro benzene ring substituents is 2. The zero-order valence-corrected chi connectivity index (χ0v) is 11.9. The summed E-state index contributed by atoms with van der Waals surface area (Å²) in [6.07, 6.45) is 7.71. The maximum absolute atomic E-state index is 11.0. The van der Waals surface area contributed by atoms with E-state index < -0.39 is 9.85 Å². The van der Waals surface area contributed by atoms with Crippen LogP contribution in [0, 0.1) is 20.2 Å². The van der Waals surface area contributed by atoms with E-state index in [0.29, 0.717) is 0 Å². The molecule has 0 spiro atoms. The van der Waals surface area contributed by atoms with Crippen molar-refractivity contribution < 1.29 is 9.85 Å². The molecule has 0 saturated heterocycles. The van der Waals surface area contributed by atoms with Crippen LogP contribution < -0.4 is 5.43 Å². The highest BCUT2D eigenvalue weighted by molar-refractivity contribution is 5.99. The van der Waals surface area contributed by atoms with Gasteiger partial charge in [-0.05, 0) is 31.4 Å². The fourth-order valence-electron chi connectivity index (χ4n) is 2.00. The molecule has 1 aliphatic rings. The molecule has 8 heteroatoms. The number of nitro groups is 2. The van der Waals surface area contributed by atoms with E-state index in [2.05, 4.69) is 10.5 Å². The highest BCUT2D eigenvalue weighted by atomic mass is 16.6. The Balaban J connectivity index is 2.25. The molecule has 0 amide bonds. The highest BCUT2D eigenvalue weighted by Crippen LogP contribution is 2.29. The lowest BCUT2D eigenvalue weighted by Crippen LogP contribution is -2.04. The Morgan fingerprint density at radius 1 is 1.27 bits per heavy atom. The van der Waals surface area contributed by atoms with Crippen LogP contribution in [0.3, 0.4) is 0 Å². The Morgan fingerprint density at radius 2 is 2.05 bits per heavy atom. The molecule has 0 unspecified atom stereocenters. The molecule has 0 aromatic heterocycles. The largest absolute Gasteiger partial charge is 0.301 e. The van der Waals surface area contributed by atoms with Gasteiger partial charge in [-0.1, -0.05) is 18.2 Å². The van der Waals surface area contributed by atoms with Crippen molar-refractivity contribution in [3.8, 4) is 0 Å². The molecule has 22 heavy (non-hydrogen) atoms. The molecule has 0 atom stereocenters. The number of anilines is 1. The third-order valence-electron chi connectivity index (χ3n) is 3.21. The van der Waals surface area contributed by atoms with Crippen LogP contribution in [0.4, 0.5) is 17.1 Å². The average Bonchev–Trinajstić information content (AvgIpc) is 2.53. The van der Waals surface area contributed by atoms with E-state index in [9.17, 15) is 20.2 Å². The van der Waals surface area contributed by atoms with Crippen molar-refractivity contribution in [2.24, 2.45) is 5.10 Å². The number of nitrogens with one attached hydrogen (secondary N) is 1. The van der Waals surface area contributed by atoms with Crippen LogP contribution in [-0.4, -0.2) is 15.6 Å². The monoisotopic (exact) mass is 302 g/mol. The maximum atomic E-state index is 11.0.